The van der Waals surface area contributed by atoms with E-state index >= 15 is 0 Å². The van der Waals surface area contributed by atoms with E-state index in [0.717, 1.165) is 26.6 Å². The molecule has 2 aromatic heterocycles. The van der Waals surface area contributed by atoms with Crippen molar-refractivity contribution < 1.29 is 0 Å². The van der Waals surface area contributed by atoms with Gasteiger partial charge in [0.2, 0.25) is 0 Å². The standard InChI is InChI=1S/C16H13BrClN3/c17-15-9-8-14(12-5-1-2-6-13(12)18)21(15)10-11-4-3-7-16(19)20-11/h1-9H,10H2,(H2,19,20). The van der Waals surface area contributed by atoms with Crippen LogP contribution < -0.4 is 5.73 Å². The first-order chi connectivity index (χ1) is 10.1. The van der Waals surface area contributed by atoms with Gasteiger partial charge in [-0.1, -0.05) is 35.9 Å². The molecule has 0 atom stereocenters. The Bertz CT molecular complexity index is 783. The van der Waals surface area contributed by atoms with Crippen molar-refractivity contribution in [3.8, 4) is 11.3 Å². The van der Waals surface area contributed by atoms with Gasteiger partial charge in [0.1, 0.15) is 5.82 Å². The van der Waals surface area contributed by atoms with Crippen LogP contribution >= 0.6 is 27.5 Å². The van der Waals surface area contributed by atoms with E-state index in [0.29, 0.717) is 12.4 Å². The fourth-order valence-electron chi connectivity index (χ4n) is 2.26. The average Bonchev–Trinajstić information content (AvgIpc) is 2.81. The monoisotopic (exact) mass is 361 g/mol. The second-order valence-corrected chi connectivity index (χ2v) is 5.88. The first-order valence-electron chi connectivity index (χ1n) is 6.46. The molecule has 0 saturated heterocycles. The highest BCUT2D eigenvalue weighted by atomic mass is 79.9. The third-order valence-electron chi connectivity index (χ3n) is 3.23. The minimum atomic E-state index is 0.523. The lowest BCUT2D eigenvalue weighted by Gasteiger charge is -2.12. The highest BCUT2D eigenvalue weighted by Gasteiger charge is 2.12. The minimum absolute atomic E-state index is 0.523. The van der Waals surface area contributed by atoms with Gasteiger partial charge in [0.05, 0.1) is 22.5 Å². The summed E-state index contributed by atoms with van der Waals surface area (Å²) in [6.45, 7) is 0.624. The molecule has 0 aliphatic rings. The number of pyridine rings is 1. The molecule has 0 aliphatic carbocycles. The molecule has 2 N–H and O–H groups in total. The molecule has 106 valence electrons. The van der Waals surface area contributed by atoms with Crippen molar-refractivity contribution in [2.24, 2.45) is 0 Å². The van der Waals surface area contributed by atoms with E-state index in [-0.39, 0.29) is 0 Å². The topological polar surface area (TPSA) is 43.8 Å². The third kappa shape index (κ3) is 2.96. The second-order valence-electron chi connectivity index (χ2n) is 4.66. The molecule has 0 unspecified atom stereocenters. The van der Waals surface area contributed by atoms with Crippen LogP contribution in [0.5, 0.6) is 0 Å². The smallest absolute Gasteiger partial charge is 0.123 e. The predicted octanol–water partition coefficient (Wildman–Crippen LogP) is 4.60. The Hall–Kier alpha value is -1.78. The van der Waals surface area contributed by atoms with Gasteiger partial charge in [-0.3, -0.25) is 0 Å². The molecular formula is C16H13BrClN3. The van der Waals surface area contributed by atoms with Crippen LogP contribution in [-0.4, -0.2) is 9.55 Å². The van der Waals surface area contributed by atoms with Crippen molar-refractivity contribution in [1.29, 1.82) is 0 Å². The lowest BCUT2D eigenvalue weighted by molar-refractivity contribution is 0.773. The van der Waals surface area contributed by atoms with Crippen molar-refractivity contribution in [2.45, 2.75) is 6.54 Å². The number of aromatic nitrogens is 2. The quantitative estimate of drug-likeness (QED) is 0.740. The highest BCUT2D eigenvalue weighted by Crippen LogP contribution is 2.31. The number of nitrogens with two attached hydrogens (primary N) is 1. The number of nitrogen functional groups attached to an aromatic ring is 1. The maximum Gasteiger partial charge on any atom is 0.123 e. The zero-order valence-corrected chi connectivity index (χ0v) is 13.5. The summed E-state index contributed by atoms with van der Waals surface area (Å²) in [7, 11) is 0. The van der Waals surface area contributed by atoms with Gasteiger partial charge in [-0.05, 0) is 46.3 Å². The SMILES string of the molecule is Nc1cccc(Cn2c(Br)ccc2-c2ccccc2Cl)n1. The summed E-state index contributed by atoms with van der Waals surface area (Å²) in [5.74, 6) is 0.523. The fraction of sp³-hybridized carbons (Fsp3) is 0.0625. The Morgan fingerprint density at radius 1 is 1.05 bits per heavy atom. The van der Waals surface area contributed by atoms with Crippen molar-refractivity contribution in [1.82, 2.24) is 9.55 Å². The zero-order chi connectivity index (χ0) is 14.8. The first-order valence-corrected chi connectivity index (χ1v) is 7.63. The number of anilines is 1. The number of hydrogen-bond acceptors (Lipinski definition) is 2. The maximum atomic E-state index is 6.30. The number of halogens is 2. The summed E-state index contributed by atoms with van der Waals surface area (Å²) < 4.78 is 3.09. The van der Waals surface area contributed by atoms with E-state index in [1.807, 2.05) is 48.5 Å². The number of nitrogens with zero attached hydrogens (tertiary/aromatic N) is 2. The van der Waals surface area contributed by atoms with Crippen LogP contribution in [0.4, 0.5) is 5.82 Å². The summed E-state index contributed by atoms with van der Waals surface area (Å²) in [6, 6.07) is 17.5. The molecule has 3 rings (SSSR count). The van der Waals surface area contributed by atoms with E-state index in [9.17, 15) is 0 Å². The summed E-state index contributed by atoms with van der Waals surface area (Å²) >= 11 is 9.88. The van der Waals surface area contributed by atoms with Gasteiger partial charge in [-0.15, -0.1) is 0 Å². The molecule has 0 spiro atoms. The van der Waals surface area contributed by atoms with E-state index in [2.05, 4.69) is 25.5 Å². The normalized spacial score (nSPS) is 10.8. The lowest BCUT2D eigenvalue weighted by Crippen LogP contribution is -2.05. The molecule has 21 heavy (non-hydrogen) atoms. The van der Waals surface area contributed by atoms with E-state index in [1.165, 1.54) is 0 Å². The van der Waals surface area contributed by atoms with Gasteiger partial charge in [-0.25, -0.2) is 4.98 Å². The Balaban J connectivity index is 2.04. The Kier molecular flexibility index (Phi) is 3.99. The Morgan fingerprint density at radius 3 is 2.62 bits per heavy atom. The summed E-state index contributed by atoms with van der Waals surface area (Å²) in [5, 5.41) is 0.727. The van der Waals surface area contributed by atoms with Crippen LogP contribution in [-0.2, 0) is 6.54 Å². The average molecular weight is 363 g/mol. The first kappa shape index (κ1) is 14.2. The molecule has 3 nitrogen and oxygen atoms in total. The highest BCUT2D eigenvalue weighted by molar-refractivity contribution is 9.10. The molecule has 0 radical (unpaired) electrons. The van der Waals surface area contributed by atoms with Crippen LogP contribution in [0.1, 0.15) is 5.69 Å². The number of benzene rings is 1. The predicted molar refractivity (Wildman–Crippen MR) is 90.3 cm³/mol. The Morgan fingerprint density at radius 2 is 1.86 bits per heavy atom. The molecule has 2 heterocycles. The number of rotatable bonds is 3. The fourth-order valence-corrected chi connectivity index (χ4v) is 2.94. The van der Waals surface area contributed by atoms with E-state index in [4.69, 9.17) is 17.3 Å². The molecule has 0 amide bonds. The Labute approximate surface area is 136 Å². The molecule has 0 saturated carbocycles. The largest absolute Gasteiger partial charge is 0.384 e. The van der Waals surface area contributed by atoms with E-state index < -0.39 is 0 Å². The third-order valence-corrected chi connectivity index (χ3v) is 4.25. The molecule has 0 fully saturated rings. The van der Waals surface area contributed by atoms with Gasteiger partial charge < -0.3 is 10.3 Å². The van der Waals surface area contributed by atoms with Crippen molar-refractivity contribution in [2.75, 3.05) is 5.73 Å². The molecule has 5 heteroatoms. The van der Waals surface area contributed by atoms with Crippen molar-refractivity contribution >= 4 is 33.3 Å². The molecule has 0 aliphatic heterocycles. The number of hydrogen-bond donors (Lipinski definition) is 1. The van der Waals surface area contributed by atoms with Gasteiger partial charge in [0, 0.05) is 10.6 Å². The van der Waals surface area contributed by atoms with Crippen LogP contribution in [0.25, 0.3) is 11.3 Å². The van der Waals surface area contributed by atoms with Gasteiger partial charge >= 0.3 is 0 Å². The lowest BCUT2D eigenvalue weighted by atomic mass is 10.1. The summed E-state index contributed by atoms with van der Waals surface area (Å²) in [5.41, 5.74) is 8.68. The van der Waals surface area contributed by atoms with Gasteiger partial charge in [-0.2, -0.15) is 0 Å². The maximum absolute atomic E-state index is 6.30. The zero-order valence-electron chi connectivity index (χ0n) is 11.1. The summed E-state index contributed by atoms with van der Waals surface area (Å²) in [4.78, 5) is 4.35. The minimum Gasteiger partial charge on any atom is -0.384 e. The van der Waals surface area contributed by atoms with Crippen molar-refractivity contribution in [3.05, 3.63) is 69.9 Å². The molecule has 3 aromatic rings. The molecular weight excluding hydrogens is 350 g/mol. The van der Waals surface area contributed by atoms with Crippen molar-refractivity contribution in [3.63, 3.8) is 0 Å². The second kappa shape index (κ2) is 5.92. The summed E-state index contributed by atoms with van der Waals surface area (Å²) in [6.07, 6.45) is 0. The van der Waals surface area contributed by atoms with Gasteiger partial charge in [0.15, 0.2) is 0 Å². The van der Waals surface area contributed by atoms with E-state index in [1.54, 1.807) is 6.07 Å². The van der Waals surface area contributed by atoms with Gasteiger partial charge in [0.25, 0.3) is 0 Å². The van der Waals surface area contributed by atoms with Crippen LogP contribution in [0, 0.1) is 0 Å². The molecule has 0 bridgehead atoms. The molecule has 1 aromatic carbocycles. The van der Waals surface area contributed by atoms with Crippen LogP contribution in [0.2, 0.25) is 5.02 Å². The van der Waals surface area contributed by atoms with Crippen LogP contribution in [0.3, 0.4) is 0 Å². The van der Waals surface area contributed by atoms with Crippen LogP contribution in [0.15, 0.2) is 59.2 Å².